The Labute approximate surface area is 406 Å². The molecule has 1 aliphatic carbocycles. The number of rotatable bonds is 8. The highest BCUT2D eigenvalue weighted by Gasteiger charge is 2.46. The van der Waals surface area contributed by atoms with Crippen molar-refractivity contribution in [2.45, 2.75) is 5.41 Å². The largest absolute Gasteiger partial charge is 0.456 e. The second kappa shape index (κ2) is 16.0. The summed E-state index contributed by atoms with van der Waals surface area (Å²) in [4.78, 5) is 2.46. The molecule has 328 valence electrons. The van der Waals surface area contributed by atoms with Gasteiger partial charge in [0, 0.05) is 33.2 Å². The maximum atomic E-state index is 6.76. The molecule has 2 aromatic heterocycles. The van der Waals surface area contributed by atoms with Crippen molar-refractivity contribution < 1.29 is 4.42 Å². The number of para-hydroxylation sites is 2. The van der Waals surface area contributed by atoms with E-state index in [1.807, 2.05) is 0 Å². The monoisotopic (exact) mass is 892 g/mol. The molecule has 0 atom stereocenters. The molecule has 3 nitrogen and oxygen atoms in total. The van der Waals surface area contributed by atoms with Crippen molar-refractivity contribution in [1.82, 2.24) is 4.57 Å². The van der Waals surface area contributed by atoms with E-state index in [0.717, 1.165) is 55.8 Å². The van der Waals surface area contributed by atoms with Crippen LogP contribution in [0.1, 0.15) is 22.3 Å². The van der Waals surface area contributed by atoms with E-state index in [1.54, 1.807) is 0 Å². The van der Waals surface area contributed by atoms with Crippen molar-refractivity contribution in [3.63, 3.8) is 0 Å². The van der Waals surface area contributed by atoms with Crippen LogP contribution in [0.4, 0.5) is 17.1 Å². The number of hydrogen-bond acceptors (Lipinski definition) is 2. The van der Waals surface area contributed by atoms with Crippen LogP contribution in [-0.2, 0) is 5.41 Å². The van der Waals surface area contributed by atoms with E-state index >= 15 is 0 Å². The average molecular weight is 893 g/mol. The molecule has 0 saturated heterocycles. The van der Waals surface area contributed by atoms with Crippen molar-refractivity contribution in [2.24, 2.45) is 0 Å². The second-order valence-electron chi connectivity index (χ2n) is 18.4. The van der Waals surface area contributed by atoms with Crippen LogP contribution >= 0.6 is 0 Å². The minimum absolute atomic E-state index is 0.618. The third-order valence-electron chi connectivity index (χ3n) is 14.7. The van der Waals surface area contributed by atoms with E-state index < -0.39 is 5.41 Å². The van der Waals surface area contributed by atoms with Crippen LogP contribution in [0.5, 0.6) is 0 Å². The number of furan rings is 1. The van der Waals surface area contributed by atoms with Gasteiger partial charge in [0.2, 0.25) is 0 Å². The fourth-order valence-corrected chi connectivity index (χ4v) is 11.6. The maximum absolute atomic E-state index is 6.76. The highest BCUT2D eigenvalue weighted by atomic mass is 16.3. The zero-order valence-electron chi connectivity index (χ0n) is 38.2. The molecule has 0 amide bonds. The zero-order chi connectivity index (χ0) is 46.2. The molecular formula is C67H44N2O. The predicted octanol–water partition coefficient (Wildman–Crippen LogP) is 17.8. The molecule has 1 aliphatic rings. The molecule has 0 fully saturated rings. The van der Waals surface area contributed by atoms with Gasteiger partial charge in [-0.3, -0.25) is 0 Å². The Morgan fingerprint density at radius 2 is 0.929 bits per heavy atom. The van der Waals surface area contributed by atoms with Gasteiger partial charge in [0.15, 0.2) is 0 Å². The second-order valence-corrected chi connectivity index (χ2v) is 18.4. The van der Waals surface area contributed by atoms with Gasteiger partial charge in [-0.15, -0.1) is 0 Å². The van der Waals surface area contributed by atoms with Gasteiger partial charge in [0.25, 0.3) is 0 Å². The van der Waals surface area contributed by atoms with Crippen molar-refractivity contribution >= 4 is 60.8 Å². The first-order valence-electron chi connectivity index (χ1n) is 24.1. The Morgan fingerprint density at radius 3 is 1.67 bits per heavy atom. The van der Waals surface area contributed by atoms with E-state index in [0.29, 0.717) is 0 Å². The molecule has 0 saturated carbocycles. The summed E-state index contributed by atoms with van der Waals surface area (Å²) in [6.45, 7) is 0. The minimum atomic E-state index is -0.618. The predicted molar refractivity (Wildman–Crippen MR) is 291 cm³/mol. The molecule has 0 spiro atoms. The molecule has 0 radical (unpaired) electrons. The Balaban J connectivity index is 1.05. The van der Waals surface area contributed by atoms with Crippen LogP contribution in [0.2, 0.25) is 0 Å². The summed E-state index contributed by atoms with van der Waals surface area (Å²) >= 11 is 0. The smallest absolute Gasteiger partial charge is 0.137 e. The molecule has 11 aromatic carbocycles. The first-order valence-corrected chi connectivity index (χ1v) is 24.1. The van der Waals surface area contributed by atoms with Gasteiger partial charge in [0.05, 0.1) is 27.5 Å². The third-order valence-corrected chi connectivity index (χ3v) is 14.7. The summed E-state index contributed by atoms with van der Waals surface area (Å²) in [6, 6.07) is 97.4. The average Bonchev–Trinajstić information content (AvgIpc) is 4.08. The van der Waals surface area contributed by atoms with Gasteiger partial charge in [-0.2, -0.15) is 0 Å². The molecule has 0 bridgehead atoms. The van der Waals surface area contributed by atoms with Crippen molar-refractivity contribution in [1.29, 1.82) is 0 Å². The number of hydrogen-bond donors (Lipinski definition) is 0. The van der Waals surface area contributed by atoms with Crippen LogP contribution in [0.25, 0.3) is 82.8 Å². The summed E-state index contributed by atoms with van der Waals surface area (Å²) in [5.41, 5.74) is 19.8. The minimum Gasteiger partial charge on any atom is -0.456 e. The Bertz CT molecular complexity index is 4070. The lowest BCUT2D eigenvalue weighted by Gasteiger charge is -2.35. The zero-order valence-corrected chi connectivity index (χ0v) is 38.2. The summed E-state index contributed by atoms with van der Waals surface area (Å²) in [6.07, 6.45) is 0. The normalized spacial score (nSPS) is 12.7. The maximum Gasteiger partial charge on any atom is 0.137 e. The molecule has 13 aromatic rings. The van der Waals surface area contributed by atoms with Gasteiger partial charge in [-0.1, -0.05) is 200 Å². The van der Waals surface area contributed by atoms with Crippen molar-refractivity contribution in [2.75, 3.05) is 4.90 Å². The standard InChI is InChI=1S/C67H44N2O/c1-4-18-45(19-5-1)47-34-37-49(38-35-47)67(59-29-13-10-26-54(59)55-27-11-14-30-60(55)67)50-22-16-25-52(43-50)68(53-39-40-57-56-28-12-15-31-61(56)69(63(57)44-53)51-23-8-3-9-24-51)62-32-17-33-65-66(62)58-42-48(36-41-64(58)70-65)46-20-6-2-7-21-46/h1-44H. The lowest BCUT2D eigenvalue weighted by molar-refractivity contribution is 0.669. The summed E-state index contributed by atoms with van der Waals surface area (Å²) in [7, 11) is 0. The Hall–Kier alpha value is -9.18. The van der Waals surface area contributed by atoms with Crippen LogP contribution < -0.4 is 4.90 Å². The fraction of sp³-hybridized carbons (Fsp3) is 0.0149. The molecule has 3 heteroatoms. The first kappa shape index (κ1) is 39.9. The summed E-state index contributed by atoms with van der Waals surface area (Å²) in [5.74, 6) is 0. The number of benzene rings is 11. The van der Waals surface area contributed by atoms with Gasteiger partial charge in [-0.25, -0.2) is 0 Å². The number of aromatic nitrogens is 1. The highest BCUT2D eigenvalue weighted by Crippen LogP contribution is 2.57. The molecule has 0 unspecified atom stereocenters. The molecule has 2 heterocycles. The number of anilines is 3. The summed E-state index contributed by atoms with van der Waals surface area (Å²) in [5, 5.41) is 4.55. The lowest BCUT2D eigenvalue weighted by Crippen LogP contribution is -2.29. The molecule has 0 aliphatic heterocycles. The van der Waals surface area contributed by atoms with Gasteiger partial charge in [0.1, 0.15) is 11.2 Å². The SMILES string of the molecule is c1ccc(-c2ccc(C3(c4cccc(N(c5ccc6c7ccccc7n(-c7ccccc7)c6c5)c5cccc6oc7ccc(-c8ccccc8)cc7c56)c4)c4ccccc4-c4ccccc43)cc2)cc1. The van der Waals surface area contributed by atoms with Gasteiger partial charge < -0.3 is 13.9 Å². The molecule has 0 N–H and O–H groups in total. The van der Waals surface area contributed by atoms with E-state index in [9.17, 15) is 0 Å². The summed E-state index contributed by atoms with van der Waals surface area (Å²) < 4.78 is 9.17. The van der Waals surface area contributed by atoms with Crippen molar-refractivity contribution in [3.8, 4) is 39.1 Å². The Morgan fingerprint density at radius 1 is 0.343 bits per heavy atom. The van der Waals surface area contributed by atoms with E-state index in [2.05, 4.69) is 276 Å². The quantitative estimate of drug-likeness (QED) is 0.152. The third kappa shape index (κ3) is 6.08. The molecule has 14 rings (SSSR count). The van der Waals surface area contributed by atoms with Gasteiger partial charge >= 0.3 is 0 Å². The van der Waals surface area contributed by atoms with E-state index in [1.165, 1.54) is 66.4 Å². The fourth-order valence-electron chi connectivity index (χ4n) is 11.6. The van der Waals surface area contributed by atoms with Crippen LogP contribution in [0.15, 0.2) is 271 Å². The number of nitrogens with zero attached hydrogens (tertiary/aromatic N) is 2. The molecular weight excluding hydrogens is 849 g/mol. The Kier molecular flexibility index (Phi) is 9.11. The van der Waals surface area contributed by atoms with E-state index in [4.69, 9.17) is 4.42 Å². The molecule has 70 heavy (non-hydrogen) atoms. The van der Waals surface area contributed by atoms with Crippen LogP contribution in [0, 0.1) is 0 Å². The van der Waals surface area contributed by atoms with E-state index in [-0.39, 0.29) is 0 Å². The first-order chi connectivity index (χ1) is 34.7. The van der Waals surface area contributed by atoms with Crippen LogP contribution in [-0.4, -0.2) is 4.57 Å². The highest BCUT2D eigenvalue weighted by molar-refractivity contribution is 6.15. The van der Waals surface area contributed by atoms with Crippen molar-refractivity contribution in [3.05, 3.63) is 289 Å². The number of fused-ring (bicyclic) bond motifs is 9. The lowest BCUT2D eigenvalue weighted by atomic mass is 9.67. The van der Waals surface area contributed by atoms with Crippen LogP contribution in [0.3, 0.4) is 0 Å². The topological polar surface area (TPSA) is 21.3 Å². The van der Waals surface area contributed by atoms with Gasteiger partial charge in [-0.05, 0) is 122 Å².